The minimum atomic E-state index is -0.177. The standard InChI is InChI=1S/C20H19N3O2/c1-14-22-16-8-3-4-9-17(16)23(14)12-6-11-21-20(24)19-13-15-7-2-5-10-18(15)25-19/h2-5,7-10,13H,6,11-12H2,1H3,(H,21,24). The Labute approximate surface area is 145 Å². The number of amides is 1. The van der Waals surface area contributed by atoms with Crippen molar-refractivity contribution >= 4 is 27.9 Å². The number of hydrogen-bond donors (Lipinski definition) is 1. The van der Waals surface area contributed by atoms with Crippen molar-refractivity contribution in [1.82, 2.24) is 14.9 Å². The minimum Gasteiger partial charge on any atom is -0.451 e. The molecule has 1 N–H and O–H groups in total. The molecule has 0 spiro atoms. The summed E-state index contributed by atoms with van der Waals surface area (Å²) in [5, 5.41) is 3.86. The van der Waals surface area contributed by atoms with Gasteiger partial charge in [-0.3, -0.25) is 4.79 Å². The van der Waals surface area contributed by atoms with Crippen LogP contribution in [0.2, 0.25) is 0 Å². The van der Waals surface area contributed by atoms with Crippen LogP contribution in [0.5, 0.6) is 0 Å². The Balaban J connectivity index is 1.37. The van der Waals surface area contributed by atoms with Gasteiger partial charge in [0, 0.05) is 18.5 Å². The van der Waals surface area contributed by atoms with Crippen molar-refractivity contribution in [2.24, 2.45) is 0 Å². The number of aryl methyl sites for hydroxylation is 2. The van der Waals surface area contributed by atoms with Gasteiger partial charge in [-0.05, 0) is 37.6 Å². The van der Waals surface area contributed by atoms with E-state index in [1.54, 1.807) is 6.07 Å². The van der Waals surface area contributed by atoms with Crippen LogP contribution in [-0.2, 0) is 6.54 Å². The summed E-state index contributed by atoms with van der Waals surface area (Å²) < 4.78 is 7.77. The molecule has 126 valence electrons. The van der Waals surface area contributed by atoms with E-state index in [1.807, 2.05) is 49.4 Å². The lowest BCUT2D eigenvalue weighted by molar-refractivity contribution is 0.0927. The van der Waals surface area contributed by atoms with Crippen LogP contribution >= 0.6 is 0 Å². The highest BCUT2D eigenvalue weighted by molar-refractivity contribution is 5.96. The van der Waals surface area contributed by atoms with Crippen LogP contribution in [0.25, 0.3) is 22.0 Å². The van der Waals surface area contributed by atoms with E-state index in [-0.39, 0.29) is 5.91 Å². The maximum atomic E-state index is 12.2. The number of hydrogen-bond acceptors (Lipinski definition) is 3. The molecule has 0 bridgehead atoms. The van der Waals surface area contributed by atoms with Crippen LogP contribution in [0.15, 0.2) is 59.0 Å². The van der Waals surface area contributed by atoms with E-state index in [0.29, 0.717) is 12.3 Å². The molecule has 0 aliphatic rings. The maximum Gasteiger partial charge on any atom is 0.287 e. The zero-order chi connectivity index (χ0) is 17.2. The molecule has 0 saturated heterocycles. The van der Waals surface area contributed by atoms with Crippen molar-refractivity contribution in [2.45, 2.75) is 19.9 Å². The quantitative estimate of drug-likeness (QED) is 0.563. The van der Waals surface area contributed by atoms with Crippen LogP contribution in [0.3, 0.4) is 0 Å². The van der Waals surface area contributed by atoms with E-state index in [9.17, 15) is 4.79 Å². The second kappa shape index (κ2) is 6.43. The first kappa shape index (κ1) is 15.4. The second-order valence-corrected chi connectivity index (χ2v) is 6.06. The molecule has 2 aromatic carbocycles. The normalized spacial score (nSPS) is 11.2. The van der Waals surface area contributed by atoms with Gasteiger partial charge in [0.15, 0.2) is 5.76 Å². The van der Waals surface area contributed by atoms with Gasteiger partial charge in [-0.15, -0.1) is 0 Å². The van der Waals surface area contributed by atoms with Crippen LogP contribution in [-0.4, -0.2) is 22.0 Å². The van der Waals surface area contributed by atoms with E-state index in [4.69, 9.17) is 4.42 Å². The first-order valence-electron chi connectivity index (χ1n) is 8.41. The first-order valence-corrected chi connectivity index (χ1v) is 8.41. The lowest BCUT2D eigenvalue weighted by Gasteiger charge is -2.07. The Hall–Kier alpha value is -3.08. The van der Waals surface area contributed by atoms with Crippen molar-refractivity contribution in [3.8, 4) is 0 Å². The number of carbonyl (C=O) groups excluding carboxylic acids is 1. The molecule has 0 atom stereocenters. The summed E-state index contributed by atoms with van der Waals surface area (Å²) >= 11 is 0. The van der Waals surface area contributed by atoms with Crippen LogP contribution in [0.4, 0.5) is 0 Å². The molecule has 0 saturated carbocycles. The molecule has 4 rings (SSSR count). The van der Waals surface area contributed by atoms with Crippen LogP contribution < -0.4 is 5.32 Å². The number of benzene rings is 2. The molecule has 0 aliphatic heterocycles. The monoisotopic (exact) mass is 333 g/mol. The number of nitrogens with one attached hydrogen (secondary N) is 1. The smallest absolute Gasteiger partial charge is 0.287 e. The molecule has 2 heterocycles. The van der Waals surface area contributed by atoms with E-state index in [1.165, 1.54) is 0 Å². The fourth-order valence-corrected chi connectivity index (χ4v) is 3.10. The molecule has 0 radical (unpaired) electrons. The number of imidazole rings is 1. The van der Waals surface area contributed by atoms with Gasteiger partial charge in [-0.1, -0.05) is 30.3 Å². The Bertz CT molecular complexity index is 1010. The molecule has 1 amide bonds. The molecule has 5 nitrogen and oxygen atoms in total. The minimum absolute atomic E-state index is 0.177. The SMILES string of the molecule is Cc1nc2ccccc2n1CCCNC(=O)c1cc2ccccc2o1. The van der Waals surface area contributed by atoms with Crippen LogP contribution in [0, 0.1) is 6.92 Å². The third kappa shape index (κ3) is 3.01. The Morgan fingerprint density at radius 1 is 1.16 bits per heavy atom. The van der Waals surface area contributed by atoms with E-state index in [0.717, 1.165) is 40.8 Å². The zero-order valence-electron chi connectivity index (χ0n) is 14.0. The third-order valence-corrected chi connectivity index (χ3v) is 4.34. The summed E-state index contributed by atoms with van der Waals surface area (Å²) in [7, 11) is 0. The predicted molar refractivity (Wildman–Crippen MR) is 97.6 cm³/mol. The number of aromatic nitrogens is 2. The summed E-state index contributed by atoms with van der Waals surface area (Å²) in [5.41, 5.74) is 2.86. The summed E-state index contributed by atoms with van der Waals surface area (Å²) in [6.07, 6.45) is 0.827. The lowest BCUT2D eigenvalue weighted by Crippen LogP contribution is -2.24. The molecule has 0 fully saturated rings. The number of carbonyl (C=O) groups is 1. The average Bonchev–Trinajstić information content (AvgIpc) is 3.19. The maximum absolute atomic E-state index is 12.2. The van der Waals surface area contributed by atoms with E-state index in [2.05, 4.69) is 20.9 Å². The van der Waals surface area contributed by atoms with Crippen molar-refractivity contribution < 1.29 is 9.21 Å². The highest BCUT2D eigenvalue weighted by Crippen LogP contribution is 2.19. The second-order valence-electron chi connectivity index (χ2n) is 6.06. The molecule has 0 unspecified atom stereocenters. The van der Waals surface area contributed by atoms with Crippen molar-refractivity contribution in [3.05, 3.63) is 66.2 Å². The molecule has 25 heavy (non-hydrogen) atoms. The number of nitrogens with zero attached hydrogens (tertiary/aromatic N) is 2. The van der Waals surface area contributed by atoms with E-state index < -0.39 is 0 Å². The Kier molecular flexibility index (Phi) is 3.98. The summed E-state index contributed by atoms with van der Waals surface area (Å²) in [4.78, 5) is 16.8. The van der Waals surface area contributed by atoms with Crippen molar-refractivity contribution in [2.75, 3.05) is 6.54 Å². The Morgan fingerprint density at radius 2 is 1.96 bits per heavy atom. The van der Waals surface area contributed by atoms with Crippen molar-refractivity contribution in [1.29, 1.82) is 0 Å². The fourth-order valence-electron chi connectivity index (χ4n) is 3.10. The number of furan rings is 1. The molecular weight excluding hydrogens is 314 g/mol. The summed E-state index contributed by atoms with van der Waals surface area (Å²) in [6.45, 7) is 3.40. The van der Waals surface area contributed by atoms with Gasteiger partial charge in [-0.25, -0.2) is 4.98 Å². The molecule has 4 aromatic rings. The predicted octanol–water partition coefficient (Wildman–Crippen LogP) is 3.91. The van der Waals surface area contributed by atoms with E-state index >= 15 is 0 Å². The Morgan fingerprint density at radius 3 is 2.84 bits per heavy atom. The molecular formula is C20H19N3O2. The third-order valence-electron chi connectivity index (χ3n) is 4.34. The number of para-hydroxylation sites is 3. The lowest BCUT2D eigenvalue weighted by atomic mass is 10.2. The van der Waals surface area contributed by atoms with Crippen LogP contribution in [0.1, 0.15) is 22.8 Å². The van der Waals surface area contributed by atoms with Gasteiger partial charge in [0.05, 0.1) is 11.0 Å². The average molecular weight is 333 g/mol. The first-order chi connectivity index (χ1) is 12.2. The van der Waals surface area contributed by atoms with Gasteiger partial charge < -0.3 is 14.3 Å². The molecule has 5 heteroatoms. The fraction of sp³-hybridized carbons (Fsp3) is 0.200. The zero-order valence-corrected chi connectivity index (χ0v) is 14.0. The highest BCUT2D eigenvalue weighted by Gasteiger charge is 2.11. The number of rotatable bonds is 5. The van der Waals surface area contributed by atoms with Gasteiger partial charge in [0.1, 0.15) is 11.4 Å². The van der Waals surface area contributed by atoms with Gasteiger partial charge in [0.2, 0.25) is 0 Å². The van der Waals surface area contributed by atoms with Crippen molar-refractivity contribution in [3.63, 3.8) is 0 Å². The largest absolute Gasteiger partial charge is 0.451 e. The van der Waals surface area contributed by atoms with Gasteiger partial charge in [-0.2, -0.15) is 0 Å². The van der Waals surface area contributed by atoms with Gasteiger partial charge >= 0.3 is 0 Å². The summed E-state index contributed by atoms with van der Waals surface area (Å²) in [5.74, 6) is 1.17. The molecule has 0 aliphatic carbocycles. The van der Waals surface area contributed by atoms with Gasteiger partial charge in [0.25, 0.3) is 5.91 Å². The highest BCUT2D eigenvalue weighted by atomic mass is 16.3. The summed E-state index contributed by atoms with van der Waals surface area (Å²) in [6, 6.07) is 17.5. The number of fused-ring (bicyclic) bond motifs is 2. The molecule has 2 aromatic heterocycles. The topological polar surface area (TPSA) is 60.1 Å².